The number of carbonyl (C=O) groups is 1. The second-order valence-electron chi connectivity index (χ2n) is 5.29. The molecule has 0 fully saturated rings. The SMILES string of the molecule is CCN(CC(=O)Nc1ccccc1OC)c1ncc(C(F)(F)F)cc1Cl. The van der Waals surface area contributed by atoms with Gasteiger partial charge < -0.3 is 15.0 Å². The van der Waals surface area contributed by atoms with Crippen molar-refractivity contribution in [3.63, 3.8) is 0 Å². The fraction of sp³-hybridized carbons (Fsp3) is 0.294. The Balaban J connectivity index is 2.15. The number of carbonyl (C=O) groups excluding carboxylic acids is 1. The molecule has 0 saturated heterocycles. The van der Waals surface area contributed by atoms with E-state index in [1.807, 2.05) is 0 Å². The molecule has 5 nitrogen and oxygen atoms in total. The third-order valence-electron chi connectivity index (χ3n) is 3.55. The highest BCUT2D eigenvalue weighted by atomic mass is 35.5. The van der Waals surface area contributed by atoms with Crippen molar-refractivity contribution in [3.05, 3.63) is 47.1 Å². The number of nitrogens with zero attached hydrogens (tertiary/aromatic N) is 2. The van der Waals surface area contributed by atoms with Crippen LogP contribution in [0.25, 0.3) is 0 Å². The van der Waals surface area contributed by atoms with E-state index in [0.717, 1.165) is 6.07 Å². The second kappa shape index (κ2) is 8.27. The number of halogens is 4. The lowest BCUT2D eigenvalue weighted by Gasteiger charge is -2.23. The van der Waals surface area contributed by atoms with Crippen molar-refractivity contribution in [1.82, 2.24) is 4.98 Å². The van der Waals surface area contributed by atoms with Gasteiger partial charge in [0.2, 0.25) is 5.91 Å². The van der Waals surface area contributed by atoms with E-state index < -0.39 is 11.7 Å². The van der Waals surface area contributed by atoms with E-state index in [4.69, 9.17) is 16.3 Å². The molecule has 2 rings (SSSR count). The molecule has 26 heavy (non-hydrogen) atoms. The normalized spacial score (nSPS) is 11.2. The van der Waals surface area contributed by atoms with Gasteiger partial charge in [0.05, 0.1) is 29.9 Å². The predicted octanol–water partition coefficient (Wildman–Crippen LogP) is 4.23. The van der Waals surface area contributed by atoms with Gasteiger partial charge in [-0.15, -0.1) is 0 Å². The first-order valence-electron chi connectivity index (χ1n) is 7.66. The van der Waals surface area contributed by atoms with Gasteiger partial charge in [0, 0.05) is 12.7 Å². The molecule has 1 N–H and O–H groups in total. The average molecular weight is 388 g/mol. The summed E-state index contributed by atoms with van der Waals surface area (Å²) in [6, 6.07) is 7.67. The van der Waals surface area contributed by atoms with E-state index in [2.05, 4.69) is 10.3 Å². The highest BCUT2D eigenvalue weighted by molar-refractivity contribution is 6.33. The Bertz CT molecular complexity index is 784. The summed E-state index contributed by atoms with van der Waals surface area (Å²) in [5, 5.41) is 2.52. The Hall–Kier alpha value is -2.48. The van der Waals surface area contributed by atoms with Crippen LogP contribution < -0.4 is 15.0 Å². The Morgan fingerprint density at radius 3 is 2.62 bits per heavy atom. The van der Waals surface area contributed by atoms with Crippen LogP contribution in [0.2, 0.25) is 5.02 Å². The van der Waals surface area contributed by atoms with E-state index in [0.29, 0.717) is 24.2 Å². The number of hydrogen-bond acceptors (Lipinski definition) is 4. The summed E-state index contributed by atoms with van der Waals surface area (Å²) in [5.74, 6) is 0.223. The molecule has 0 saturated carbocycles. The summed E-state index contributed by atoms with van der Waals surface area (Å²) < 4.78 is 43.3. The number of hydrogen-bond donors (Lipinski definition) is 1. The maximum Gasteiger partial charge on any atom is 0.417 e. The monoisotopic (exact) mass is 387 g/mol. The zero-order chi connectivity index (χ0) is 19.3. The van der Waals surface area contributed by atoms with Gasteiger partial charge in [0.15, 0.2) is 0 Å². The minimum absolute atomic E-state index is 0.109. The first-order valence-corrected chi connectivity index (χ1v) is 8.04. The molecule has 1 aromatic heterocycles. The molecule has 0 unspecified atom stereocenters. The molecule has 1 heterocycles. The van der Waals surface area contributed by atoms with Crippen molar-refractivity contribution >= 4 is 29.0 Å². The first-order chi connectivity index (χ1) is 12.3. The number of pyridine rings is 1. The summed E-state index contributed by atoms with van der Waals surface area (Å²) in [7, 11) is 1.48. The Morgan fingerprint density at radius 2 is 2.04 bits per heavy atom. The smallest absolute Gasteiger partial charge is 0.417 e. The molecule has 0 spiro atoms. The molecule has 0 aliphatic rings. The largest absolute Gasteiger partial charge is 0.495 e. The number of alkyl halides is 3. The first kappa shape index (κ1) is 19.8. The van der Waals surface area contributed by atoms with Crippen molar-refractivity contribution in [2.45, 2.75) is 13.1 Å². The average Bonchev–Trinajstić information content (AvgIpc) is 2.59. The van der Waals surface area contributed by atoms with Crippen LogP contribution >= 0.6 is 11.6 Å². The molecule has 1 aromatic carbocycles. The predicted molar refractivity (Wildman–Crippen MR) is 93.8 cm³/mol. The van der Waals surface area contributed by atoms with Crippen molar-refractivity contribution < 1.29 is 22.7 Å². The fourth-order valence-corrected chi connectivity index (χ4v) is 2.55. The maximum atomic E-state index is 12.7. The second-order valence-corrected chi connectivity index (χ2v) is 5.70. The number of rotatable bonds is 6. The minimum atomic E-state index is -4.53. The standard InChI is InChI=1S/C17H17ClF3N3O2/c1-3-24(16-12(18)8-11(9-22-16)17(19,20)21)10-15(25)23-13-6-4-5-7-14(13)26-2/h4-9H,3,10H2,1-2H3,(H,23,25). The molecule has 1 amide bonds. The van der Waals surface area contributed by atoms with Crippen LogP contribution in [-0.4, -0.2) is 31.1 Å². The van der Waals surface area contributed by atoms with Crippen LogP contribution in [-0.2, 0) is 11.0 Å². The molecule has 0 bridgehead atoms. The van der Waals surface area contributed by atoms with Crippen LogP contribution in [0.1, 0.15) is 12.5 Å². The molecule has 0 radical (unpaired) electrons. The van der Waals surface area contributed by atoms with E-state index in [1.165, 1.54) is 12.0 Å². The highest BCUT2D eigenvalue weighted by Gasteiger charge is 2.32. The molecule has 2 aromatic rings. The van der Waals surface area contributed by atoms with Crippen LogP contribution in [0.5, 0.6) is 5.75 Å². The lowest BCUT2D eigenvalue weighted by Crippen LogP contribution is -2.34. The topological polar surface area (TPSA) is 54.5 Å². The molecular weight excluding hydrogens is 371 g/mol. The van der Waals surface area contributed by atoms with Crippen molar-refractivity contribution in [1.29, 1.82) is 0 Å². The molecule has 0 atom stereocenters. The molecule has 0 aliphatic carbocycles. The van der Waals surface area contributed by atoms with Gasteiger partial charge in [-0.1, -0.05) is 23.7 Å². The number of para-hydroxylation sites is 2. The van der Waals surface area contributed by atoms with Gasteiger partial charge in [-0.05, 0) is 25.1 Å². The number of benzene rings is 1. The summed E-state index contributed by atoms with van der Waals surface area (Å²) in [6.45, 7) is 1.94. The molecule has 0 aliphatic heterocycles. The summed E-state index contributed by atoms with van der Waals surface area (Å²) in [4.78, 5) is 17.6. The van der Waals surface area contributed by atoms with E-state index >= 15 is 0 Å². The summed E-state index contributed by atoms with van der Waals surface area (Å²) in [6.07, 6.45) is -3.84. The maximum absolute atomic E-state index is 12.7. The number of likely N-dealkylation sites (N-methyl/N-ethyl adjacent to an activating group) is 1. The Morgan fingerprint density at radius 1 is 1.35 bits per heavy atom. The van der Waals surface area contributed by atoms with Crippen molar-refractivity contribution in [2.75, 3.05) is 30.4 Å². The number of methoxy groups -OCH3 is 1. The van der Waals surface area contributed by atoms with Gasteiger partial charge in [0.25, 0.3) is 0 Å². The summed E-state index contributed by atoms with van der Waals surface area (Å²) in [5.41, 5.74) is -0.455. The quantitative estimate of drug-likeness (QED) is 0.806. The van der Waals surface area contributed by atoms with Crippen LogP contribution in [0.3, 0.4) is 0 Å². The Kier molecular flexibility index (Phi) is 6.31. The van der Waals surface area contributed by atoms with Gasteiger partial charge in [-0.2, -0.15) is 13.2 Å². The van der Waals surface area contributed by atoms with Crippen LogP contribution in [0, 0.1) is 0 Å². The lowest BCUT2D eigenvalue weighted by molar-refractivity contribution is -0.137. The van der Waals surface area contributed by atoms with Crippen molar-refractivity contribution in [2.24, 2.45) is 0 Å². The number of nitrogens with one attached hydrogen (secondary N) is 1. The summed E-state index contributed by atoms with van der Waals surface area (Å²) >= 11 is 5.94. The third-order valence-corrected chi connectivity index (χ3v) is 3.82. The minimum Gasteiger partial charge on any atom is -0.495 e. The highest BCUT2D eigenvalue weighted by Crippen LogP contribution is 2.33. The molecule has 9 heteroatoms. The van der Waals surface area contributed by atoms with Gasteiger partial charge in [-0.3, -0.25) is 4.79 Å². The van der Waals surface area contributed by atoms with Crippen LogP contribution in [0.15, 0.2) is 36.5 Å². The molecular formula is C17H17ClF3N3O2. The Labute approximate surface area is 153 Å². The zero-order valence-electron chi connectivity index (χ0n) is 14.1. The van der Waals surface area contributed by atoms with E-state index in [-0.39, 0.29) is 23.3 Å². The fourth-order valence-electron chi connectivity index (χ4n) is 2.27. The zero-order valence-corrected chi connectivity index (χ0v) is 14.9. The molecule has 140 valence electrons. The third kappa shape index (κ3) is 4.78. The lowest BCUT2D eigenvalue weighted by atomic mass is 10.2. The van der Waals surface area contributed by atoms with Gasteiger partial charge >= 0.3 is 6.18 Å². The number of aromatic nitrogens is 1. The number of ether oxygens (including phenoxy) is 1. The van der Waals surface area contributed by atoms with Gasteiger partial charge in [0.1, 0.15) is 11.6 Å². The van der Waals surface area contributed by atoms with E-state index in [1.54, 1.807) is 31.2 Å². The van der Waals surface area contributed by atoms with Gasteiger partial charge in [-0.25, -0.2) is 4.98 Å². The van der Waals surface area contributed by atoms with Crippen molar-refractivity contribution in [3.8, 4) is 5.75 Å². The van der Waals surface area contributed by atoms with E-state index in [9.17, 15) is 18.0 Å². The number of amides is 1. The number of anilines is 2. The van der Waals surface area contributed by atoms with Crippen LogP contribution in [0.4, 0.5) is 24.7 Å².